The number of methoxy groups -OCH3 is 1. The summed E-state index contributed by atoms with van der Waals surface area (Å²) in [5.41, 5.74) is 1.68. The molecule has 0 aliphatic rings. The van der Waals surface area contributed by atoms with Gasteiger partial charge in [0.05, 0.1) is 13.5 Å². The van der Waals surface area contributed by atoms with Crippen LogP contribution in [0.4, 0.5) is 10.5 Å². The average Bonchev–Trinajstić information content (AvgIpc) is 2.33. The molecular formula is C13H17BrN2O3. The van der Waals surface area contributed by atoms with Crippen molar-refractivity contribution >= 4 is 33.6 Å². The third kappa shape index (κ3) is 5.30. The maximum atomic E-state index is 11.8. The van der Waals surface area contributed by atoms with Crippen LogP contribution >= 0.6 is 15.9 Å². The van der Waals surface area contributed by atoms with Crippen molar-refractivity contribution in [1.29, 1.82) is 0 Å². The van der Waals surface area contributed by atoms with E-state index in [1.54, 1.807) is 6.92 Å². The first kappa shape index (κ1) is 15.5. The Hall–Kier alpha value is -1.56. The smallest absolute Gasteiger partial charge is 0.319 e. The van der Waals surface area contributed by atoms with Crippen molar-refractivity contribution in [2.45, 2.75) is 26.3 Å². The number of amides is 2. The molecule has 0 aliphatic heterocycles. The first-order valence-electron chi connectivity index (χ1n) is 5.83. The largest absolute Gasteiger partial charge is 0.469 e. The Morgan fingerprint density at radius 1 is 1.42 bits per heavy atom. The van der Waals surface area contributed by atoms with Gasteiger partial charge in [0.1, 0.15) is 0 Å². The molecule has 0 radical (unpaired) electrons. The molecule has 1 aromatic carbocycles. The van der Waals surface area contributed by atoms with E-state index in [4.69, 9.17) is 0 Å². The second kappa shape index (κ2) is 7.13. The molecule has 104 valence electrons. The Labute approximate surface area is 120 Å². The fourth-order valence-electron chi connectivity index (χ4n) is 1.50. The van der Waals surface area contributed by atoms with Gasteiger partial charge in [-0.15, -0.1) is 0 Å². The number of hydrogen-bond acceptors (Lipinski definition) is 3. The summed E-state index contributed by atoms with van der Waals surface area (Å²) in [5, 5.41) is 5.42. The van der Waals surface area contributed by atoms with Crippen LogP contribution in [-0.2, 0) is 9.53 Å². The van der Waals surface area contributed by atoms with Gasteiger partial charge in [-0.2, -0.15) is 0 Å². The van der Waals surface area contributed by atoms with Gasteiger partial charge in [-0.05, 0) is 31.5 Å². The number of anilines is 1. The summed E-state index contributed by atoms with van der Waals surface area (Å²) in [5.74, 6) is -0.355. The van der Waals surface area contributed by atoms with Crippen LogP contribution in [0.1, 0.15) is 18.9 Å². The molecule has 1 rings (SSSR count). The SMILES string of the molecule is COC(=O)CC(C)NC(=O)Nc1cc(Br)ccc1C. The molecule has 0 saturated carbocycles. The van der Waals surface area contributed by atoms with Gasteiger partial charge in [-0.3, -0.25) is 4.79 Å². The number of ether oxygens (including phenoxy) is 1. The molecule has 2 N–H and O–H groups in total. The van der Waals surface area contributed by atoms with Crippen molar-refractivity contribution in [2.24, 2.45) is 0 Å². The van der Waals surface area contributed by atoms with E-state index in [1.807, 2.05) is 25.1 Å². The molecule has 5 nitrogen and oxygen atoms in total. The van der Waals surface area contributed by atoms with Gasteiger partial charge in [0.2, 0.25) is 0 Å². The quantitative estimate of drug-likeness (QED) is 0.835. The van der Waals surface area contributed by atoms with E-state index < -0.39 is 0 Å². The molecule has 0 aromatic heterocycles. The van der Waals surface area contributed by atoms with Crippen LogP contribution in [0.5, 0.6) is 0 Å². The number of nitrogens with one attached hydrogen (secondary N) is 2. The topological polar surface area (TPSA) is 67.4 Å². The molecular weight excluding hydrogens is 312 g/mol. The van der Waals surface area contributed by atoms with Crippen molar-refractivity contribution in [3.8, 4) is 0 Å². The summed E-state index contributed by atoms with van der Waals surface area (Å²) in [6.07, 6.45) is 0.140. The first-order chi connectivity index (χ1) is 8.92. The van der Waals surface area contributed by atoms with Crippen LogP contribution in [0.3, 0.4) is 0 Å². The predicted octanol–water partition coefficient (Wildman–Crippen LogP) is 2.83. The molecule has 0 fully saturated rings. The lowest BCUT2D eigenvalue weighted by atomic mass is 10.2. The first-order valence-corrected chi connectivity index (χ1v) is 6.62. The molecule has 0 bridgehead atoms. The summed E-state index contributed by atoms with van der Waals surface area (Å²) in [7, 11) is 1.32. The number of urea groups is 1. The predicted molar refractivity (Wildman–Crippen MR) is 77.1 cm³/mol. The molecule has 0 saturated heterocycles. The summed E-state index contributed by atoms with van der Waals surface area (Å²) in [6.45, 7) is 3.64. The Morgan fingerprint density at radius 3 is 2.74 bits per heavy atom. The van der Waals surface area contributed by atoms with Gasteiger partial charge in [-0.1, -0.05) is 22.0 Å². The van der Waals surface area contributed by atoms with Crippen LogP contribution in [0.2, 0.25) is 0 Å². The fraction of sp³-hybridized carbons (Fsp3) is 0.385. The second-order valence-corrected chi connectivity index (χ2v) is 5.15. The van der Waals surface area contributed by atoms with Crippen LogP contribution in [0.25, 0.3) is 0 Å². The molecule has 2 amide bonds. The zero-order valence-electron chi connectivity index (χ0n) is 11.1. The van der Waals surface area contributed by atoms with Crippen LogP contribution in [0, 0.1) is 6.92 Å². The van der Waals surface area contributed by atoms with Gasteiger partial charge < -0.3 is 15.4 Å². The molecule has 6 heteroatoms. The molecule has 0 spiro atoms. The monoisotopic (exact) mass is 328 g/mol. The highest BCUT2D eigenvalue weighted by Crippen LogP contribution is 2.20. The summed E-state index contributed by atoms with van der Waals surface area (Å²) in [4.78, 5) is 22.8. The lowest BCUT2D eigenvalue weighted by Crippen LogP contribution is -2.37. The highest BCUT2D eigenvalue weighted by Gasteiger charge is 2.12. The number of hydrogen-bond donors (Lipinski definition) is 2. The summed E-state index contributed by atoms with van der Waals surface area (Å²) < 4.78 is 5.42. The van der Waals surface area contributed by atoms with E-state index in [-0.39, 0.29) is 24.5 Å². The Balaban J connectivity index is 2.55. The minimum Gasteiger partial charge on any atom is -0.469 e. The van der Waals surface area contributed by atoms with E-state index in [2.05, 4.69) is 31.3 Å². The number of halogens is 1. The Bertz CT molecular complexity index is 477. The van der Waals surface area contributed by atoms with Crippen LogP contribution in [0.15, 0.2) is 22.7 Å². The lowest BCUT2D eigenvalue weighted by Gasteiger charge is -2.14. The number of aryl methyl sites for hydroxylation is 1. The maximum absolute atomic E-state index is 11.8. The molecule has 1 unspecified atom stereocenters. The van der Waals surface area contributed by atoms with E-state index in [9.17, 15) is 9.59 Å². The highest BCUT2D eigenvalue weighted by atomic mass is 79.9. The van der Waals surface area contributed by atoms with E-state index >= 15 is 0 Å². The van der Waals surface area contributed by atoms with Gasteiger partial charge >= 0.3 is 12.0 Å². The molecule has 19 heavy (non-hydrogen) atoms. The molecule has 0 heterocycles. The zero-order chi connectivity index (χ0) is 14.4. The minimum atomic E-state index is -0.355. The summed E-state index contributed by atoms with van der Waals surface area (Å²) >= 11 is 3.35. The molecule has 1 aromatic rings. The van der Waals surface area contributed by atoms with Crippen molar-refractivity contribution < 1.29 is 14.3 Å². The maximum Gasteiger partial charge on any atom is 0.319 e. The van der Waals surface area contributed by atoms with Crippen molar-refractivity contribution in [1.82, 2.24) is 5.32 Å². The van der Waals surface area contributed by atoms with Crippen LogP contribution < -0.4 is 10.6 Å². The second-order valence-electron chi connectivity index (χ2n) is 4.24. The fourth-order valence-corrected chi connectivity index (χ4v) is 1.86. The van der Waals surface area contributed by atoms with Gasteiger partial charge in [0.15, 0.2) is 0 Å². The van der Waals surface area contributed by atoms with Crippen molar-refractivity contribution in [3.05, 3.63) is 28.2 Å². The van der Waals surface area contributed by atoms with E-state index in [0.29, 0.717) is 0 Å². The number of rotatable bonds is 4. The standard InChI is InChI=1S/C13H17BrN2O3/c1-8-4-5-10(14)7-11(8)16-13(18)15-9(2)6-12(17)19-3/h4-5,7,9H,6H2,1-3H3,(H2,15,16,18). The minimum absolute atomic E-state index is 0.140. The molecule has 0 aliphatic carbocycles. The lowest BCUT2D eigenvalue weighted by molar-refractivity contribution is -0.141. The normalized spacial score (nSPS) is 11.6. The average molecular weight is 329 g/mol. The van der Waals surface area contributed by atoms with E-state index in [1.165, 1.54) is 7.11 Å². The number of carbonyl (C=O) groups excluding carboxylic acids is 2. The summed E-state index contributed by atoms with van der Waals surface area (Å²) in [6, 6.07) is 4.98. The van der Waals surface area contributed by atoms with Gasteiger partial charge in [0.25, 0.3) is 0 Å². The third-order valence-corrected chi connectivity index (χ3v) is 3.02. The van der Waals surface area contributed by atoms with E-state index in [0.717, 1.165) is 15.7 Å². The highest BCUT2D eigenvalue weighted by molar-refractivity contribution is 9.10. The van der Waals surface area contributed by atoms with Gasteiger partial charge in [-0.25, -0.2) is 4.79 Å². The van der Waals surface area contributed by atoms with Crippen molar-refractivity contribution in [2.75, 3.05) is 12.4 Å². The molecule has 1 atom stereocenters. The zero-order valence-corrected chi connectivity index (χ0v) is 12.7. The number of benzene rings is 1. The third-order valence-electron chi connectivity index (χ3n) is 2.53. The Kier molecular flexibility index (Phi) is 5.82. The van der Waals surface area contributed by atoms with Crippen molar-refractivity contribution in [3.63, 3.8) is 0 Å². The van der Waals surface area contributed by atoms with Crippen LogP contribution in [-0.4, -0.2) is 25.2 Å². The number of carbonyl (C=O) groups is 2. The Morgan fingerprint density at radius 2 is 2.11 bits per heavy atom. The number of esters is 1. The van der Waals surface area contributed by atoms with Gasteiger partial charge in [0, 0.05) is 16.2 Å².